The van der Waals surface area contributed by atoms with Gasteiger partial charge in [0.2, 0.25) is 0 Å². The van der Waals surface area contributed by atoms with Crippen molar-refractivity contribution in [2.75, 3.05) is 18.5 Å². The first-order valence-electron chi connectivity index (χ1n) is 7.08. The van der Waals surface area contributed by atoms with Crippen molar-refractivity contribution in [3.63, 3.8) is 0 Å². The second-order valence-electron chi connectivity index (χ2n) is 4.79. The highest BCUT2D eigenvalue weighted by Gasteiger charge is 2.07. The van der Waals surface area contributed by atoms with Crippen molar-refractivity contribution in [1.82, 2.24) is 0 Å². The minimum atomic E-state index is -0.607. The standard InChI is InChI=1S/C17H13Cl2NO5/c18-15(21)9-24-13-5-1-11(2-6-13)17(23)20-12-3-7-14(8-4-12)25-10-16(19)22/h1-8H,9-10H2,(H,20,23). The van der Waals surface area contributed by atoms with Gasteiger partial charge in [0, 0.05) is 11.3 Å². The van der Waals surface area contributed by atoms with E-state index in [2.05, 4.69) is 5.32 Å². The Kier molecular flexibility index (Phi) is 6.80. The zero-order valence-electron chi connectivity index (χ0n) is 12.8. The second kappa shape index (κ2) is 9.05. The Hall–Kier alpha value is -2.57. The van der Waals surface area contributed by atoms with Crippen molar-refractivity contribution < 1.29 is 23.9 Å². The molecule has 0 radical (unpaired) electrons. The van der Waals surface area contributed by atoms with E-state index in [9.17, 15) is 14.4 Å². The van der Waals surface area contributed by atoms with Gasteiger partial charge >= 0.3 is 0 Å². The number of hydrogen-bond donors (Lipinski definition) is 1. The zero-order valence-corrected chi connectivity index (χ0v) is 14.3. The SMILES string of the molecule is O=C(Cl)COc1ccc(NC(=O)c2ccc(OCC(=O)Cl)cc2)cc1. The average Bonchev–Trinajstić information content (AvgIpc) is 2.59. The second-order valence-corrected chi connectivity index (χ2v) is 5.63. The quantitative estimate of drug-likeness (QED) is 0.709. The number of ether oxygens (including phenoxy) is 2. The van der Waals surface area contributed by atoms with Crippen LogP contribution in [0.25, 0.3) is 0 Å². The Bertz CT molecular complexity index is 760. The molecule has 2 rings (SSSR count). The van der Waals surface area contributed by atoms with Gasteiger partial charge in [0.1, 0.15) is 11.5 Å². The number of nitrogens with one attached hydrogen (secondary N) is 1. The van der Waals surface area contributed by atoms with Crippen LogP contribution in [-0.4, -0.2) is 29.6 Å². The molecule has 0 aliphatic rings. The first-order chi connectivity index (χ1) is 11.9. The Morgan fingerprint density at radius 2 is 1.20 bits per heavy atom. The summed E-state index contributed by atoms with van der Waals surface area (Å²) < 4.78 is 10.2. The molecule has 0 saturated carbocycles. The molecular weight excluding hydrogens is 369 g/mol. The van der Waals surface area contributed by atoms with Gasteiger partial charge in [-0.2, -0.15) is 0 Å². The molecule has 1 N–H and O–H groups in total. The van der Waals surface area contributed by atoms with Crippen molar-refractivity contribution in [3.05, 3.63) is 54.1 Å². The average molecular weight is 382 g/mol. The van der Waals surface area contributed by atoms with Crippen LogP contribution in [0.4, 0.5) is 5.69 Å². The van der Waals surface area contributed by atoms with Crippen LogP contribution in [0.5, 0.6) is 11.5 Å². The number of halogens is 2. The molecule has 0 aliphatic carbocycles. The van der Waals surface area contributed by atoms with Crippen molar-refractivity contribution >= 4 is 45.3 Å². The third kappa shape index (κ3) is 6.45. The number of hydrogen-bond acceptors (Lipinski definition) is 5. The van der Waals surface area contributed by atoms with E-state index < -0.39 is 10.5 Å². The maximum Gasteiger partial charge on any atom is 0.259 e. The topological polar surface area (TPSA) is 81.7 Å². The van der Waals surface area contributed by atoms with Gasteiger partial charge in [0.25, 0.3) is 16.4 Å². The van der Waals surface area contributed by atoms with E-state index in [1.807, 2.05) is 0 Å². The molecule has 0 unspecified atom stereocenters. The van der Waals surface area contributed by atoms with Crippen LogP contribution in [0, 0.1) is 0 Å². The summed E-state index contributed by atoms with van der Waals surface area (Å²) in [6.07, 6.45) is 0. The van der Waals surface area contributed by atoms with Crippen molar-refractivity contribution in [3.8, 4) is 11.5 Å². The minimum absolute atomic E-state index is 0.225. The number of amides is 1. The van der Waals surface area contributed by atoms with E-state index in [1.54, 1.807) is 48.5 Å². The molecule has 0 aromatic heterocycles. The molecule has 0 fully saturated rings. The third-order valence-corrected chi connectivity index (χ3v) is 3.15. The van der Waals surface area contributed by atoms with E-state index in [0.29, 0.717) is 22.7 Å². The maximum atomic E-state index is 12.2. The molecule has 0 atom stereocenters. The molecule has 0 bridgehead atoms. The Balaban J connectivity index is 1.92. The molecule has 0 spiro atoms. The Labute approximate surface area is 153 Å². The lowest BCUT2D eigenvalue weighted by Gasteiger charge is -2.08. The van der Waals surface area contributed by atoms with Gasteiger partial charge in [-0.15, -0.1) is 0 Å². The largest absolute Gasteiger partial charge is 0.484 e. The summed E-state index contributed by atoms with van der Waals surface area (Å²) in [4.78, 5) is 33.4. The van der Waals surface area contributed by atoms with E-state index in [1.165, 1.54) is 0 Å². The molecule has 25 heavy (non-hydrogen) atoms. The molecule has 8 heteroatoms. The van der Waals surface area contributed by atoms with Crippen LogP contribution in [-0.2, 0) is 9.59 Å². The van der Waals surface area contributed by atoms with E-state index in [-0.39, 0.29) is 19.1 Å². The number of anilines is 1. The van der Waals surface area contributed by atoms with Gasteiger partial charge in [0.15, 0.2) is 13.2 Å². The van der Waals surface area contributed by atoms with Gasteiger partial charge in [-0.3, -0.25) is 14.4 Å². The fourth-order valence-electron chi connectivity index (χ4n) is 1.82. The lowest BCUT2D eigenvalue weighted by molar-refractivity contribution is -0.114. The normalized spacial score (nSPS) is 10.0. The van der Waals surface area contributed by atoms with E-state index in [4.69, 9.17) is 32.7 Å². The highest BCUT2D eigenvalue weighted by atomic mass is 35.5. The Morgan fingerprint density at radius 1 is 0.760 bits per heavy atom. The molecule has 2 aromatic rings. The number of carbonyl (C=O) groups is 3. The summed E-state index contributed by atoms with van der Waals surface area (Å²) >= 11 is 10.4. The Morgan fingerprint density at radius 3 is 1.64 bits per heavy atom. The smallest absolute Gasteiger partial charge is 0.259 e. The summed E-state index contributed by atoms with van der Waals surface area (Å²) in [6.45, 7) is -0.464. The van der Waals surface area contributed by atoms with Crippen LogP contribution in [0.1, 0.15) is 10.4 Å². The van der Waals surface area contributed by atoms with Crippen LogP contribution < -0.4 is 14.8 Å². The lowest BCUT2D eigenvalue weighted by atomic mass is 10.2. The molecule has 0 aliphatic heterocycles. The van der Waals surface area contributed by atoms with Crippen LogP contribution in [0.15, 0.2) is 48.5 Å². The monoisotopic (exact) mass is 381 g/mol. The number of rotatable bonds is 8. The molecular formula is C17H13Cl2NO5. The van der Waals surface area contributed by atoms with Crippen molar-refractivity contribution in [1.29, 1.82) is 0 Å². The number of carbonyl (C=O) groups excluding carboxylic acids is 3. The van der Waals surface area contributed by atoms with Crippen LogP contribution in [0.3, 0.4) is 0 Å². The first-order valence-corrected chi connectivity index (χ1v) is 7.83. The predicted molar refractivity (Wildman–Crippen MR) is 93.5 cm³/mol. The highest BCUT2D eigenvalue weighted by Crippen LogP contribution is 2.18. The molecule has 1 amide bonds. The molecule has 130 valence electrons. The third-order valence-electron chi connectivity index (χ3n) is 2.93. The molecule has 0 heterocycles. The summed E-state index contributed by atoms with van der Waals surface area (Å²) in [6, 6.07) is 12.7. The van der Waals surface area contributed by atoms with Crippen LogP contribution >= 0.6 is 23.2 Å². The molecule has 2 aromatic carbocycles. The summed E-state index contributed by atoms with van der Waals surface area (Å²) in [5.41, 5.74) is 0.972. The zero-order chi connectivity index (χ0) is 18.2. The summed E-state index contributed by atoms with van der Waals surface area (Å²) in [5.74, 6) is 0.577. The van der Waals surface area contributed by atoms with Gasteiger partial charge in [-0.25, -0.2) is 0 Å². The summed E-state index contributed by atoms with van der Waals surface area (Å²) in [5, 5.41) is 1.51. The first kappa shape index (κ1) is 18.8. The number of benzene rings is 2. The minimum Gasteiger partial charge on any atom is -0.484 e. The van der Waals surface area contributed by atoms with Crippen LogP contribution in [0.2, 0.25) is 0 Å². The van der Waals surface area contributed by atoms with Gasteiger partial charge < -0.3 is 14.8 Å². The van der Waals surface area contributed by atoms with Gasteiger partial charge in [-0.05, 0) is 71.7 Å². The van der Waals surface area contributed by atoms with E-state index >= 15 is 0 Å². The lowest BCUT2D eigenvalue weighted by Crippen LogP contribution is -2.12. The fraction of sp³-hybridized carbons (Fsp3) is 0.118. The van der Waals surface area contributed by atoms with Gasteiger partial charge in [0.05, 0.1) is 0 Å². The van der Waals surface area contributed by atoms with E-state index in [0.717, 1.165) is 0 Å². The maximum absolute atomic E-state index is 12.2. The van der Waals surface area contributed by atoms with Crippen molar-refractivity contribution in [2.24, 2.45) is 0 Å². The fourth-order valence-corrected chi connectivity index (χ4v) is 1.93. The van der Waals surface area contributed by atoms with Crippen molar-refractivity contribution in [2.45, 2.75) is 0 Å². The molecule has 0 saturated heterocycles. The van der Waals surface area contributed by atoms with Gasteiger partial charge in [-0.1, -0.05) is 0 Å². The summed E-state index contributed by atoms with van der Waals surface area (Å²) in [7, 11) is 0. The highest BCUT2D eigenvalue weighted by molar-refractivity contribution is 6.64. The predicted octanol–water partition coefficient (Wildman–Crippen LogP) is 3.23. The molecule has 6 nitrogen and oxygen atoms in total.